The van der Waals surface area contributed by atoms with Gasteiger partial charge in [0.2, 0.25) is 5.91 Å². The molecule has 6 nitrogen and oxygen atoms in total. The highest BCUT2D eigenvalue weighted by atomic mass is 16.3. The zero-order chi connectivity index (χ0) is 9.42. The number of aliphatic hydroxyl groups is 1. The van der Waals surface area contributed by atoms with Gasteiger partial charge in [0.25, 0.3) is 5.56 Å². The second kappa shape index (κ2) is 2.74. The number of rotatable bonds is 1. The van der Waals surface area contributed by atoms with Gasteiger partial charge in [0, 0.05) is 6.07 Å². The molecule has 0 bridgehead atoms. The Balaban J connectivity index is 2.27. The van der Waals surface area contributed by atoms with E-state index < -0.39 is 6.10 Å². The minimum Gasteiger partial charge on any atom is -0.391 e. The van der Waals surface area contributed by atoms with Crippen LogP contribution in [0.15, 0.2) is 10.9 Å². The summed E-state index contributed by atoms with van der Waals surface area (Å²) in [6, 6.07) is 1.29. The molecule has 2 heterocycles. The molecule has 0 aliphatic carbocycles. The predicted octanol–water partition coefficient (Wildman–Crippen LogP) is -1.20. The second-order valence-corrected chi connectivity index (χ2v) is 3.01. The summed E-state index contributed by atoms with van der Waals surface area (Å²) in [5.74, 6) is 0.231. The number of carbonyl (C=O) groups is 1. The lowest BCUT2D eigenvalue weighted by molar-refractivity contribution is -0.117. The third-order valence-electron chi connectivity index (χ3n) is 1.98. The lowest BCUT2D eigenvalue weighted by Gasteiger charge is -2.11. The molecule has 1 aromatic rings. The Labute approximate surface area is 73.2 Å². The Morgan fingerprint density at radius 1 is 1.46 bits per heavy atom. The number of aromatic amines is 2. The summed E-state index contributed by atoms with van der Waals surface area (Å²) in [4.78, 5) is 23.3. The van der Waals surface area contributed by atoms with E-state index in [1.54, 1.807) is 0 Å². The molecule has 1 aliphatic heterocycles. The van der Waals surface area contributed by atoms with Crippen molar-refractivity contribution in [3.05, 3.63) is 16.4 Å². The van der Waals surface area contributed by atoms with Gasteiger partial charge in [-0.25, -0.2) is 0 Å². The van der Waals surface area contributed by atoms with Gasteiger partial charge in [0.1, 0.15) is 5.82 Å². The number of H-pyrrole nitrogens is 2. The van der Waals surface area contributed by atoms with E-state index in [4.69, 9.17) is 0 Å². The number of nitrogens with one attached hydrogen (secondary N) is 2. The lowest BCUT2D eigenvalue weighted by atomic mass is 10.3. The Bertz CT molecular complexity index is 380. The van der Waals surface area contributed by atoms with Crippen LogP contribution in [0.1, 0.15) is 6.42 Å². The SMILES string of the molecule is O=C1CC(O)CN1c1cc(=O)[nH][nH]1. The third kappa shape index (κ3) is 1.35. The van der Waals surface area contributed by atoms with Crippen molar-refractivity contribution in [1.82, 2.24) is 10.2 Å². The van der Waals surface area contributed by atoms with Crippen LogP contribution >= 0.6 is 0 Å². The summed E-state index contributed by atoms with van der Waals surface area (Å²) < 4.78 is 0. The molecule has 0 aromatic carbocycles. The van der Waals surface area contributed by atoms with Crippen LogP contribution in [0.25, 0.3) is 0 Å². The minimum absolute atomic E-state index is 0.118. The smallest absolute Gasteiger partial charge is 0.266 e. The molecule has 2 rings (SSSR count). The molecule has 1 atom stereocenters. The molecule has 1 amide bonds. The number of nitrogens with zero attached hydrogens (tertiary/aromatic N) is 1. The largest absolute Gasteiger partial charge is 0.391 e. The monoisotopic (exact) mass is 183 g/mol. The molecule has 13 heavy (non-hydrogen) atoms. The molecule has 1 saturated heterocycles. The first kappa shape index (κ1) is 8.06. The van der Waals surface area contributed by atoms with Gasteiger partial charge < -0.3 is 5.11 Å². The van der Waals surface area contributed by atoms with Gasteiger partial charge in [-0.3, -0.25) is 24.7 Å². The van der Waals surface area contributed by atoms with Crippen molar-refractivity contribution >= 4 is 11.7 Å². The van der Waals surface area contributed by atoms with Crippen molar-refractivity contribution in [1.29, 1.82) is 0 Å². The molecule has 1 aromatic heterocycles. The van der Waals surface area contributed by atoms with Crippen molar-refractivity contribution < 1.29 is 9.90 Å². The fourth-order valence-electron chi connectivity index (χ4n) is 1.39. The van der Waals surface area contributed by atoms with Gasteiger partial charge in [0.15, 0.2) is 0 Å². The summed E-state index contributed by atoms with van der Waals surface area (Å²) in [5, 5.41) is 14.1. The van der Waals surface area contributed by atoms with Crippen molar-refractivity contribution in [2.75, 3.05) is 11.4 Å². The van der Waals surface area contributed by atoms with E-state index in [1.165, 1.54) is 11.0 Å². The molecule has 0 saturated carbocycles. The number of amides is 1. The number of anilines is 1. The average molecular weight is 183 g/mol. The molecule has 1 aliphatic rings. The molecule has 6 heteroatoms. The summed E-state index contributed by atoms with van der Waals surface area (Å²) >= 11 is 0. The van der Waals surface area contributed by atoms with E-state index >= 15 is 0 Å². The van der Waals surface area contributed by atoms with Crippen LogP contribution in [0.4, 0.5) is 5.82 Å². The van der Waals surface area contributed by atoms with Crippen LogP contribution in [-0.4, -0.2) is 33.9 Å². The Morgan fingerprint density at radius 3 is 2.69 bits per heavy atom. The van der Waals surface area contributed by atoms with Crippen molar-refractivity contribution in [3.63, 3.8) is 0 Å². The van der Waals surface area contributed by atoms with Crippen molar-refractivity contribution in [2.24, 2.45) is 0 Å². The highest BCUT2D eigenvalue weighted by molar-refractivity contribution is 5.95. The molecule has 1 unspecified atom stereocenters. The molecular weight excluding hydrogens is 174 g/mol. The Kier molecular flexibility index (Phi) is 1.70. The summed E-state index contributed by atoms with van der Waals surface area (Å²) in [6.45, 7) is 0.243. The molecule has 0 radical (unpaired) electrons. The van der Waals surface area contributed by atoms with E-state index in [0.29, 0.717) is 5.82 Å². The van der Waals surface area contributed by atoms with Crippen molar-refractivity contribution in [3.8, 4) is 0 Å². The van der Waals surface area contributed by atoms with Gasteiger partial charge >= 0.3 is 0 Å². The maximum Gasteiger partial charge on any atom is 0.266 e. The number of hydrogen-bond donors (Lipinski definition) is 3. The molecule has 1 fully saturated rings. The Morgan fingerprint density at radius 2 is 2.23 bits per heavy atom. The highest BCUT2D eigenvalue weighted by Crippen LogP contribution is 2.16. The maximum atomic E-state index is 11.2. The maximum absolute atomic E-state index is 11.2. The van der Waals surface area contributed by atoms with E-state index in [2.05, 4.69) is 10.2 Å². The van der Waals surface area contributed by atoms with Gasteiger partial charge in [-0.15, -0.1) is 0 Å². The van der Waals surface area contributed by atoms with E-state index in [-0.39, 0.29) is 24.4 Å². The van der Waals surface area contributed by atoms with Gasteiger partial charge in [-0.2, -0.15) is 0 Å². The normalized spacial score (nSPS) is 22.7. The Hall–Kier alpha value is -1.56. The topological polar surface area (TPSA) is 89.2 Å². The van der Waals surface area contributed by atoms with Gasteiger partial charge in [-0.05, 0) is 0 Å². The van der Waals surface area contributed by atoms with Crippen LogP contribution in [-0.2, 0) is 4.79 Å². The number of carbonyl (C=O) groups excluding carboxylic acids is 1. The zero-order valence-electron chi connectivity index (χ0n) is 6.78. The van der Waals surface area contributed by atoms with Crippen LogP contribution in [0.2, 0.25) is 0 Å². The fraction of sp³-hybridized carbons (Fsp3) is 0.429. The van der Waals surface area contributed by atoms with Crippen molar-refractivity contribution in [2.45, 2.75) is 12.5 Å². The predicted molar refractivity (Wildman–Crippen MR) is 44.4 cm³/mol. The standard InChI is InChI=1S/C7H9N3O3/c11-4-1-7(13)10(3-4)5-2-6(12)9-8-5/h2,4,11H,1,3H2,(H2,8,9,12). The highest BCUT2D eigenvalue weighted by Gasteiger charge is 2.29. The number of aromatic nitrogens is 2. The zero-order valence-corrected chi connectivity index (χ0v) is 6.78. The fourth-order valence-corrected chi connectivity index (χ4v) is 1.39. The van der Waals surface area contributed by atoms with Gasteiger partial charge in [0.05, 0.1) is 19.1 Å². The number of aliphatic hydroxyl groups excluding tert-OH is 1. The van der Waals surface area contributed by atoms with Gasteiger partial charge in [-0.1, -0.05) is 0 Å². The summed E-state index contributed by atoms with van der Waals surface area (Å²) in [5.41, 5.74) is -0.288. The molecular formula is C7H9N3O3. The first-order valence-electron chi connectivity index (χ1n) is 3.93. The van der Waals surface area contributed by atoms with E-state index in [1.807, 2.05) is 0 Å². The first-order valence-corrected chi connectivity index (χ1v) is 3.93. The quantitative estimate of drug-likeness (QED) is 0.511. The van der Waals surface area contributed by atoms with E-state index in [9.17, 15) is 14.7 Å². The molecule has 70 valence electrons. The average Bonchev–Trinajstić information content (AvgIpc) is 2.58. The van der Waals surface area contributed by atoms with Crippen LogP contribution < -0.4 is 10.5 Å². The molecule has 0 spiro atoms. The summed E-state index contributed by atoms with van der Waals surface area (Å²) in [6.07, 6.45) is -0.515. The minimum atomic E-state index is -0.633. The second-order valence-electron chi connectivity index (χ2n) is 3.01. The van der Waals surface area contributed by atoms with E-state index in [0.717, 1.165) is 0 Å². The third-order valence-corrected chi connectivity index (χ3v) is 1.98. The van der Waals surface area contributed by atoms with Crippen LogP contribution in [0.3, 0.4) is 0 Å². The lowest BCUT2D eigenvalue weighted by Crippen LogP contribution is -2.25. The molecule has 3 N–H and O–H groups in total. The number of hydrogen-bond acceptors (Lipinski definition) is 3. The first-order chi connectivity index (χ1) is 6.16. The van der Waals surface area contributed by atoms with Crippen LogP contribution in [0.5, 0.6) is 0 Å². The van der Waals surface area contributed by atoms with Crippen LogP contribution in [0, 0.1) is 0 Å². The number of β-amino-alcohol motifs (C(OH)–C–C–N with tert-alkyl or cyclic N) is 1. The summed E-state index contributed by atoms with van der Waals surface area (Å²) in [7, 11) is 0.